The maximum absolute atomic E-state index is 12.8. The molecular weight excluding hydrogens is 414 g/mol. The summed E-state index contributed by atoms with van der Waals surface area (Å²) < 4.78 is 33.1. The van der Waals surface area contributed by atoms with Crippen LogP contribution in [0.3, 0.4) is 0 Å². The third-order valence-electron chi connectivity index (χ3n) is 4.75. The highest BCUT2D eigenvalue weighted by Crippen LogP contribution is 2.30. The van der Waals surface area contributed by atoms with Gasteiger partial charge in [0.15, 0.2) is 10.2 Å². The summed E-state index contributed by atoms with van der Waals surface area (Å²) >= 11 is 1.37. The van der Waals surface area contributed by atoms with Gasteiger partial charge in [-0.2, -0.15) is 4.31 Å². The zero-order chi connectivity index (χ0) is 20.4. The van der Waals surface area contributed by atoms with Crippen molar-refractivity contribution < 1.29 is 17.9 Å². The molecular formula is C18H21N5O4S2. The Bertz CT molecular complexity index is 1110. The lowest BCUT2D eigenvalue weighted by atomic mass is 9.99. The van der Waals surface area contributed by atoms with E-state index in [0.717, 1.165) is 16.0 Å². The Hall–Kier alpha value is -2.50. The van der Waals surface area contributed by atoms with Crippen LogP contribution >= 0.6 is 11.3 Å². The number of aromatic nitrogens is 3. The predicted molar refractivity (Wildman–Crippen MR) is 109 cm³/mol. The molecule has 1 amide bonds. The first-order chi connectivity index (χ1) is 14.0. The lowest BCUT2D eigenvalue weighted by Crippen LogP contribution is -2.43. The summed E-state index contributed by atoms with van der Waals surface area (Å²) in [5, 5.41) is 3.37. The quantitative estimate of drug-likeness (QED) is 0.614. The van der Waals surface area contributed by atoms with Gasteiger partial charge in [-0.25, -0.2) is 18.4 Å². The van der Waals surface area contributed by atoms with Crippen molar-refractivity contribution in [1.29, 1.82) is 0 Å². The van der Waals surface area contributed by atoms with E-state index in [9.17, 15) is 13.2 Å². The summed E-state index contributed by atoms with van der Waals surface area (Å²) in [5.41, 5.74) is 0.779. The van der Waals surface area contributed by atoms with Crippen LogP contribution in [0.2, 0.25) is 0 Å². The first-order valence-corrected chi connectivity index (χ1v) is 11.6. The molecule has 0 bridgehead atoms. The van der Waals surface area contributed by atoms with Crippen LogP contribution in [-0.4, -0.2) is 53.3 Å². The summed E-state index contributed by atoms with van der Waals surface area (Å²) in [4.78, 5) is 23.6. The summed E-state index contributed by atoms with van der Waals surface area (Å²) in [6.07, 6.45) is 3.84. The average Bonchev–Trinajstić information content (AvgIpc) is 3.38. The fourth-order valence-electron chi connectivity index (χ4n) is 3.32. The molecule has 154 valence electrons. The number of fused-ring (bicyclic) bond motifs is 1. The van der Waals surface area contributed by atoms with Crippen molar-refractivity contribution in [3.05, 3.63) is 30.7 Å². The van der Waals surface area contributed by atoms with E-state index in [1.165, 1.54) is 28.2 Å². The molecule has 2 aromatic heterocycles. The van der Waals surface area contributed by atoms with Crippen LogP contribution in [-0.2, 0) is 14.8 Å². The molecule has 0 aliphatic carbocycles. The molecule has 1 aromatic carbocycles. The van der Waals surface area contributed by atoms with Crippen molar-refractivity contribution in [2.24, 2.45) is 5.92 Å². The molecule has 4 rings (SSSR count). The molecule has 29 heavy (non-hydrogen) atoms. The van der Waals surface area contributed by atoms with E-state index >= 15 is 0 Å². The van der Waals surface area contributed by atoms with E-state index in [4.69, 9.17) is 4.74 Å². The fourth-order valence-corrected chi connectivity index (χ4v) is 5.64. The van der Waals surface area contributed by atoms with Gasteiger partial charge >= 0.3 is 0 Å². The van der Waals surface area contributed by atoms with Gasteiger partial charge < -0.3 is 15.0 Å². The number of imidazole rings is 1. The third kappa shape index (κ3) is 4.11. The maximum atomic E-state index is 12.8. The van der Waals surface area contributed by atoms with E-state index in [-0.39, 0.29) is 17.5 Å². The number of sulfonamides is 1. The molecule has 9 nitrogen and oxygen atoms in total. The van der Waals surface area contributed by atoms with Crippen molar-refractivity contribution >= 4 is 42.6 Å². The lowest BCUT2D eigenvalue weighted by Gasteiger charge is -2.30. The van der Waals surface area contributed by atoms with Crippen LogP contribution in [0.5, 0.6) is 5.75 Å². The summed E-state index contributed by atoms with van der Waals surface area (Å²) in [6.45, 7) is 3.01. The number of anilines is 1. The highest BCUT2D eigenvalue weighted by Gasteiger charge is 2.34. The van der Waals surface area contributed by atoms with Crippen LogP contribution in [0.15, 0.2) is 35.7 Å². The van der Waals surface area contributed by atoms with Gasteiger partial charge in [0.1, 0.15) is 5.75 Å². The Labute approximate surface area is 172 Å². The van der Waals surface area contributed by atoms with Gasteiger partial charge in [-0.1, -0.05) is 11.3 Å². The van der Waals surface area contributed by atoms with Gasteiger partial charge in [0, 0.05) is 13.1 Å². The number of thiazole rings is 1. The van der Waals surface area contributed by atoms with Gasteiger partial charge in [0.2, 0.25) is 5.91 Å². The van der Waals surface area contributed by atoms with Crippen molar-refractivity contribution in [2.45, 2.75) is 24.8 Å². The smallest absolute Gasteiger partial charge is 0.260 e. The number of nitrogens with one attached hydrogen (secondary N) is 2. The average molecular weight is 436 g/mol. The number of nitrogens with zero attached hydrogens (tertiary/aromatic N) is 3. The number of aromatic amines is 1. The number of carbonyl (C=O) groups excluding carboxylic acids is 1. The summed E-state index contributed by atoms with van der Waals surface area (Å²) in [7, 11) is -3.68. The maximum Gasteiger partial charge on any atom is 0.260 e. The van der Waals surface area contributed by atoms with E-state index in [0.29, 0.717) is 31.1 Å². The van der Waals surface area contributed by atoms with Gasteiger partial charge in [-0.05, 0) is 38.0 Å². The zero-order valence-electron chi connectivity index (χ0n) is 15.8. The molecule has 11 heteroatoms. The molecule has 0 spiro atoms. The fraction of sp³-hybridized carbons (Fsp3) is 0.389. The van der Waals surface area contributed by atoms with Crippen molar-refractivity contribution in [3.63, 3.8) is 0 Å². The van der Waals surface area contributed by atoms with Crippen LogP contribution in [0.1, 0.15) is 19.8 Å². The van der Waals surface area contributed by atoms with E-state index in [2.05, 4.69) is 20.3 Å². The number of piperidine rings is 1. The second-order valence-electron chi connectivity index (χ2n) is 6.69. The van der Waals surface area contributed by atoms with Gasteiger partial charge in [-0.15, -0.1) is 0 Å². The molecule has 1 aliphatic heterocycles. The minimum atomic E-state index is -3.68. The van der Waals surface area contributed by atoms with Crippen LogP contribution < -0.4 is 10.1 Å². The number of benzene rings is 1. The molecule has 3 aromatic rings. The van der Waals surface area contributed by atoms with Crippen molar-refractivity contribution in [3.8, 4) is 5.75 Å². The van der Waals surface area contributed by atoms with Gasteiger partial charge in [0.05, 0.1) is 35.3 Å². The Morgan fingerprint density at radius 2 is 2.31 bits per heavy atom. The molecule has 3 heterocycles. The highest BCUT2D eigenvalue weighted by molar-refractivity contribution is 7.89. The standard InChI is InChI=1S/C18H21N5O4S2/c1-2-27-13-5-6-14-15(8-13)28-18(21-14)22-17(24)12-4-3-7-23(10-12)29(25,26)16-9-19-11-20-16/h5-6,8-9,11-12H,2-4,7,10H2,1H3,(H,19,20)(H,21,22,24). The van der Waals surface area contributed by atoms with E-state index in [1.54, 1.807) is 0 Å². The minimum absolute atomic E-state index is 0.0369. The van der Waals surface area contributed by atoms with Crippen LogP contribution in [0.25, 0.3) is 10.2 Å². The third-order valence-corrected chi connectivity index (χ3v) is 7.47. The molecule has 0 saturated carbocycles. The van der Waals surface area contributed by atoms with E-state index in [1.807, 2.05) is 25.1 Å². The molecule has 0 radical (unpaired) electrons. The Kier molecular flexibility index (Phi) is 5.52. The first kappa shape index (κ1) is 19.8. The summed E-state index contributed by atoms with van der Waals surface area (Å²) in [5.74, 6) is 0.0968. The molecule has 1 saturated heterocycles. The lowest BCUT2D eigenvalue weighted by molar-refractivity contribution is -0.120. The minimum Gasteiger partial charge on any atom is -0.494 e. The second kappa shape index (κ2) is 8.09. The van der Waals surface area contributed by atoms with Crippen molar-refractivity contribution in [1.82, 2.24) is 19.3 Å². The topological polar surface area (TPSA) is 117 Å². The molecule has 2 N–H and O–H groups in total. The number of amides is 1. The number of H-pyrrole nitrogens is 1. The Morgan fingerprint density at radius 1 is 1.45 bits per heavy atom. The van der Waals surface area contributed by atoms with Gasteiger partial charge in [-0.3, -0.25) is 4.79 Å². The molecule has 1 aliphatic rings. The van der Waals surface area contributed by atoms with Crippen molar-refractivity contribution in [2.75, 3.05) is 25.0 Å². The van der Waals surface area contributed by atoms with Crippen LogP contribution in [0, 0.1) is 5.92 Å². The van der Waals surface area contributed by atoms with Crippen LogP contribution in [0.4, 0.5) is 5.13 Å². The first-order valence-electron chi connectivity index (χ1n) is 9.30. The molecule has 1 fully saturated rings. The number of hydrogen-bond acceptors (Lipinski definition) is 7. The number of rotatable bonds is 6. The zero-order valence-corrected chi connectivity index (χ0v) is 17.4. The number of ether oxygens (including phenoxy) is 1. The molecule has 1 unspecified atom stereocenters. The largest absolute Gasteiger partial charge is 0.494 e. The second-order valence-corrected chi connectivity index (χ2v) is 9.63. The van der Waals surface area contributed by atoms with E-state index < -0.39 is 15.9 Å². The Morgan fingerprint density at radius 3 is 3.07 bits per heavy atom. The highest BCUT2D eigenvalue weighted by atomic mass is 32.2. The Balaban J connectivity index is 1.46. The van der Waals surface area contributed by atoms with Gasteiger partial charge in [0.25, 0.3) is 10.0 Å². The SMILES string of the molecule is CCOc1ccc2nc(NC(=O)C3CCCN(S(=O)(=O)c4cnc[nH]4)C3)sc2c1. The monoisotopic (exact) mass is 435 g/mol. The normalized spacial score (nSPS) is 18.0. The number of hydrogen-bond donors (Lipinski definition) is 2. The predicted octanol–water partition coefficient (Wildman–Crippen LogP) is 2.46. The summed E-state index contributed by atoms with van der Waals surface area (Å²) in [6, 6.07) is 5.59. The number of carbonyl (C=O) groups is 1. The molecule has 1 atom stereocenters.